The van der Waals surface area contributed by atoms with Gasteiger partial charge in [0, 0.05) is 12.6 Å². The van der Waals surface area contributed by atoms with E-state index in [0.29, 0.717) is 24.7 Å². The zero-order valence-electron chi connectivity index (χ0n) is 17.6. The van der Waals surface area contributed by atoms with Gasteiger partial charge in [-0.25, -0.2) is 4.79 Å². The molecule has 0 bridgehead atoms. The fourth-order valence-electron chi connectivity index (χ4n) is 2.57. The number of nitrogens with one attached hydrogen (secondary N) is 1. The van der Waals surface area contributed by atoms with E-state index < -0.39 is 12.1 Å². The second-order valence-corrected chi connectivity index (χ2v) is 6.32. The van der Waals surface area contributed by atoms with Gasteiger partial charge in [0.25, 0.3) is 5.91 Å². The summed E-state index contributed by atoms with van der Waals surface area (Å²) in [6, 6.07) is 12.6. The van der Waals surface area contributed by atoms with Crippen LogP contribution in [0.4, 0.5) is 0 Å². The van der Waals surface area contributed by atoms with E-state index in [1.54, 1.807) is 38.5 Å². The molecule has 0 aliphatic heterocycles. The standard InChI is InChI=1S/C23H27NO6/c1-5-29-20-12-8-17(14-21(20)28-4)9-13-22(25)30-16(2)23(26)24-15-18-6-10-19(27-3)11-7-18/h6-14,16H,5,15H2,1-4H3,(H,24,26)/b13-9+/t16-/m1/s1. The number of methoxy groups -OCH3 is 2. The van der Waals surface area contributed by atoms with Crippen LogP contribution in [-0.4, -0.2) is 38.8 Å². The number of ether oxygens (including phenoxy) is 4. The molecule has 0 spiro atoms. The highest BCUT2D eigenvalue weighted by molar-refractivity contribution is 5.90. The van der Waals surface area contributed by atoms with Crippen LogP contribution in [0.1, 0.15) is 25.0 Å². The van der Waals surface area contributed by atoms with Crippen LogP contribution in [0.15, 0.2) is 48.5 Å². The van der Waals surface area contributed by atoms with Crippen LogP contribution in [0, 0.1) is 0 Å². The average Bonchev–Trinajstić information content (AvgIpc) is 2.77. The first-order valence-corrected chi connectivity index (χ1v) is 9.57. The van der Waals surface area contributed by atoms with Crippen molar-refractivity contribution in [3.8, 4) is 17.2 Å². The van der Waals surface area contributed by atoms with Crippen molar-refractivity contribution in [3.05, 3.63) is 59.7 Å². The Balaban J connectivity index is 1.86. The lowest BCUT2D eigenvalue weighted by molar-refractivity contribution is -0.150. The van der Waals surface area contributed by atoms with Gasteiger partial charge in [-0.1, -0.05) is 18.2 Å². The highest BCUT2D eigenvalue weighted by atomic mass is 16.5. The SMILES string of the molecule is CCOc1ccc(/C=C/C(=O)O[C@H](C)C(=O)NCc2ccc(OC)cc2)cc1OC. The maximum Gasteiger partial charge on any atom is 0.331 e. The average molecular weight is 413 g/mol. The van der Waals surface area contributed by atoms with E-state index in [0.717, 1.165) is 16.9 Å². The minimum absolute atomic E-state index is 0.326. The fraction of sp³-hybridized carbons (Fsp3) is 0.304. The Morgan fingerprint density at radius 2 is 1.77 bits per heavy atom. The molecule has 7 heteroatoms. The molecule has 1 atom stereocenters. The van der Waals surface area contributed by atoms with Crippen LogP contribution in [0.2, 0.25) is 0 Å². The number of rotatable bonds is 10. The Labute approximate surface area is 176 Å². The molecule has 2 rings (SSSR count). The van der Waals surface area contributed by atoms with Crippen LogP contribution in [0.3, 0.4) is 0 Å². The molecule has 0 aliphatic carbocycles. The molecule has 0 fully saturated rings. The smallest absolute Gasteiger partial charge is 0.331 e. The molecule has 1 N–H and O–H groups in total. The molecule has 0 heterocycles. The van der Waals surface area contributed by atoms with Crippen molar-refractivity contribution in [1.82, 2.24) is 5.32 Å². The summed E-state index contributed by atoms with van der Waals surface area (Å²) in [6.07, 6.45) is 1.93. The number of hydrogen-bond acceptors (Lipinski definition) is 6. The molecular weight excluding hydrogens is 386 g/mol. The van der Waals surface area contributed by atoms with Crippen molar-refractivity contribution in [2.24, 2.45) is 0 Å². The third-order valence-corrected chi connectivity index (χ3v) is 4.19. The van der Waals surface area contributed by atoms with E-state index in [9.17, 15) is 9.59 Å². The topological polar surface area (TPSA) is 83.1 Å². The van der Waals surface area contributed by atoms with Crippen LogP contribution in [0.25, 0.3) is 6.08 Å². The summed E-state index contributed by atoms with van der Waals surface area (Å²) >= 11 is 0. The summed E-state index contributed by atoms with van der Waals surface area (Å²) in [7, 11) is 3.14. The quantitative estimate of drug-likeness (QED) is 0.475. The van der Waals surface area contributed by atoms with Crippen LogP contribution >= 0.6 is 0 Å². The van der Waals surface area contributed by atoms with Gasteiger partial charge in [0.05, 0.1) is 20.8 Å². The lowest BCUT2D eigenvalue weighted by Crippen LogP contribution is -2.35. The number of amides is 1. The second kappa shape index (κ2) is 11.5. The van der Waals surface area contributed by atoms with Gasteiger partial charge >= 0.3 is 5.97 Å². The van der Waals surface area contributed by atoms with Gasteiger partial charge in [-0.15, -0.1) is 0 Å². The summed E-state index contributed by atoms with van der Waals surface area (Å²) in [5.74, 6) is 0.940. The van der Waals surface area contributed by atoms with E-state index in [2.05, 4.69) is 5.32 Å². The summed E-state index contributed by atoms with van der Waals surface area (Å²) in [5.41, 5.74) is 1.65. The summed E-state index contributed by atoms with van der Waals surface area (Å²) in [5, 5.41) is 2.74. The van der Waals surface area contributed by atoms with Crippen molar-refractivity contribution in [3.63, 3.8) is 0 Å². The van der Waals surface area contributed by atoms with Gasteiger partial charge < -0.3 is 24.3 Å². The molecule has 0 unspecified atom stereocenters. The van der Waals surface area contributed by atoms with Crippen molar-refractivity contribution >= 4 is 18.0 Å². The molecule has 0 aliphatic rings. The molecule has 0 aromatic heterocycles. The second-order valence-electron chi connectivity index (χ2n) is 6.32. The third-order valence-electron chi connectivity index (χ3n) is 4.19. The molecule has 0 saturated carbocycles. The number of carbonyl (C=O) groups is 2. The van der Waals surface area contributed by atoms with Crippen molar-refractivity contribution in [2.75, 3.05) is 20.8 Å². The normalized spacial score (nSPS) is 11.6. The van der Waals surface area contributed by atoms with Gasteiger partial charge in [0.2, 0.25) is 0 Å². The highest BCUT2D eigenvalue weighted by Crippen LogP contribution is 2.28. The Kier molecular flexibility index (Phi) is 8.75. The van der Waals surface area contributed by atoms with Gasteiger partial charge in [0.15, 0.2) is 17.6 Å². The van der Waals surface area contributed by atoms with Gasteiger partial charge in [0.1, 0.15) is 5.75 Å². The monoisotopic (exact) mass is 413 g/mol. The lowest BCUT2D eigenvalue weighted by atomic mass is 10.2. The van der Waals surface area contributed by atoms with E-state index in [1.807, 2.05) is 31.2 Å². The zero-order chi connectivity index (χ0) is 21.9. The van der Waals surface area contributed by atoms with Crippen molar-refractivity contribution in [1.29, 1.82) is 0 Å². The Bertz CT molecular complexity index is 876. The summed E-state index contributed by atoms with van der Waals surface area (Å²) < 4.78 is 21.0. The molecular formula is C23H27NO6. The van der Waals surface area contributed by atoms with Crippen LogP contribution < -0.4 is 19.5 Å². The predicted octanol–water partition coefficient (Wildman–Crippen LogP) is 3.36. The minimum Gasteiger partial charge on any atom is -0.497 e. The zero-order valence-corrected chi connectivity index (χ0v) is 17.6. The number of carbonyl (C=O) groups excluding carboxylic acids is 2. The Morgan fingerprint density at radius 3 is 2.40 bits per heavy atom. The van der Waals surface area contributed by atoms with E-state index in [1.165, 1.54) is 13.0 Å². The van der Waals surface area contributed by atoms with E-state index in [-0.39, 0.29) is 5.91 Å². The van der Waals surface area contributed by atoms with Crippen LogP contribution in [-0.2, 0) is 20.9 Å². The first kappa shape index (κ1) is 22.8. The minimum atomic E-state index is -0.921. The number of hydrogen-bond donors (Lipinski definition) is 1. The molecule has 0 saturated heterocycles. The molecule has 7 nitrogen and oxygen atoms in total. The summed E-state index contributed by atoms with van der Waals surface area (Å²) in [4.78, 5) is 24.2. The van der Waals surface area contributed by atoms with Gasteiger partial charge in [-0.05, 0) is 55.3 Å². The third kappa shape index (κ3) is 6.84. The lowest BCUT2D eigenvalue weighted by Gasteiger charge is -2.12. The molecule has 2 aromatic rings. The van der Waals surface area contributed by atoms with Gasteiger partial charge in [-0.3, -0.25) is 4.79 Å². The maximum atomic E-state index is 12.2. The van der Waals surface area contributed by atoms with Crippen molar-refractivity contribution in [2.45, 2.75) is 26.5 Å². The molecule has 1 amide bonds. The largest absolute Gasteiger partial charge is 0.497 e. The number of esters is 1. The molecule has 2 aromatic carbocycles. The first-order valence-electron chi connectivity index (χ1n) is 9.57. The summed E-state index contributed by atoms with van der Waals surface area (Å²) in [6.45, 7) is 4.26. The van der Waals surface area contributed by atoms with Crippen LogP contribution in [0.5, 0.6) is 17.2 Å². The Hall–Kier alpha value is -3.48. The number of benzene rings is 2. The predicted molar refractivity (Wildman–Crippen MR) is 114 cm³/mol. The maximum absolute atomic E-state index is 12.2. The van der Waals surface area contributed by atoms with E-state index in [4.69, 9.17) is 18.9 Å². The molecule has 30 heavy (non-hydrogen) atoms. The first-order chi connectivity index (χ1) is 14.5. The molecule has 160 valence electrons. The van der Waals surface area contributed by atoms with Crippen molar-refractivity contribution < 1.29 is 28.5 Å². The molecule has 0 radical (unpaired) electrons. The van der Waals surface area contributed by atoms with E-state index >= 15 is 0 Å². The Morgan fingerprint density at radius 1 is 1.03 bits per heavy atom. The highest BCUT2D eigenvalue weighted by Gasteiger charge is 2.16. The fourth-order valence-corrected chi connectivity index (χ4v) is 2.57. The van der Waals surface area contributed by atoms with Gasteiger partial charge in [-0.2, -0.15) is 0 Å².